The Hall–Kier alpha value is -3.16. The third-order valence-electron chi connectivity index (χ3n) is 6.21. The van der Waals surface area contributed by atoms with Crippen molar-refractivity contribution in [1.82, 2.24) is 0 Å². The van der Waals surface area contributed by atoms with Crippen molar-refractivity contribution in [2.24, 2.45) is 0 Å². The zero-order valence-corrected chi connectivity index (χ0v) is 22.6. The molecule has 0 aliphatic heterocycles. The third kappa shape index (κ3) is 4.65. The summed E-state index contributed by atoms with van der Waals surface area (Å²) >= 11 is 9.76. The van der Waals surface area contributed by atoms with Crippen molar-refractivity contribution < 1.29 is 4.79 Å². The number of carbonyl (C=O) groups excluding carboxylic acids is 1. The van der Waals surface area contributed by atoms with Crippen LogP contribution in [0, 0.1) is 0 Å². The highest BCUT2D eigenvalue weighted by molar-refractivity contribution is 9.10. The lowest BCUT2D eigenvalue weighted by Crippen LogP contribution is -2.34. The molecule has 0 heterocycles. The van der Waals surface area contributed by atoms with Gasteiger partial charge in [0.15, 0.2) is 5.78 Å². The maximum absolute atomic E-state index is 14.6. The van der Waals surface area contributed by atoms with Crippen molar-refractivity contribution in [2.75, 3.05) is 0 Å². The minimum atomic E-state index is -2.62. The highest BCUT2D eigenvalue weighted by Crippen LogP contribution is 2.48. The highest BCUT2D eigenvalue weighted by Gasteiger charge is 2.34. The zero-order valence-electron chi connectivity index (χ0n) is 19.4. The molecule has 1 nitrogen and oxygen atoms in total. The van der Waals surface area contributed by atoms with Crippen LogP contribution in [0.5, 0.6) is 0 Å². The van der Waals surface area contributed by atoms with Crippen molar-refractivity contribution in [1.29, 1.82) is 0 Å². The molecular weight excluding hydrogens is 547 g/mol. The monoisotopic (exact) mass is 568 g/mol. The van der Waals surface area contributed by atoms with E-state index in [0.29, 0.717) is 10.6 Å². The van der Waals surface area contributed by atoms with Gasteiger partial charge < -0.3 is 0 Å². The van der Waals surface area contributed by atoms with Gasteiger partial charge in [-0.15, -0.1) is 0 Å². The van der Waals surface area contributed by atoms with Gasteiger partial charge in [0.2, 0.25) is 0 Å². The van der Waals surface area contributed by atoms with Crippen LogP contribution in [-0.2, 0) is 0 Å². The van der Waals surface area contributed by atoms with Crippen LogP contribution >= 0.6 is 34.4 Å². The fraction of sp³-hybridized carbons (Fsp3) is 0. The van der Waals surface area contributed by atoms with Gasteiger partial charge in [-0.3, -0.25) is 4.79 Å². The standard InChI is InChI=1S/C32H23BrClOP/c33-26-20-16-25(17-21-26)32(31(35)24-18-22-27(34)23-19-24)36(28-10-4-1-5-11-28,29-12-6-2-7-13-29)30-14-8-3-9-15-30/h1-23H. The topological polar surface area (TPSA) is 17.1 Å². The molecule has 0 saturated heterocycles. The lowest BCUT2D eigenvalue weighted by Gasteiger charge is -2.32. The van der Waals surface area contributed by atoms with Crippen LogP contribution in [0.2, 0.25) is 5.02 Å². The third-order valence-corrected chi connectivity index (χ3v) is 11.3. The van der Waals surface area contributed by atoms with E-state index in [9.17, 15) is 4.79 Å². The highest BCUT2D eigenvalue weighted by atomic mass is 79.9. The molecule has 0 N–H and O–H groups in total. The van der Waals surface area contributed by atoms with Gasteiger partial charge in [0, 0.05) is 20.4 Å². The summed E-state index contributed by atoms with van der Waals surface area (Å²) < 4.78 is 0.965. The minimum absolute atomic E-state index is 0.00104. The average Bonchev–Trinajstić information content (AvgIpc) is 2.94. The fourth-order valence-corrected chi connectivity index (χ4v) is 9.50. The predicted octanol–water partition coefficient (Wildman–Crippen LogP) is 7.50. The van der Waals surface area contributed by atoms with Crippen molar-refractivity contribution >= 4 is 61.4 Å². The predicted molar refractivity (Wildman–Crippen MR) is 159 cm³/mol. The first kappa shape index (κ1) is 24.5. The Labute approximate surface area is 225 Å². The van der Waals surface area contributed by atoms with E-state index in [1.54, 1.807) is 12.1 Å². The molecule has 0 unspecified atom stereocenters. The molecule has 0 atom stereocenters. The van der Waals surface area contributed by atoms with Crippen LogP contribution in [0.3, 0.4) is 0 Å². The lowest BCUT2D eigenvalue weighted by atomic mass is 10.0. The van der Waals surface area contributed by atoms with Gasteiger partial charge in [-0.05, 0) is 64.8 Å². The first-order valence-corrected chi connectivity index (χ1v) is 14.6. The Morgan fingerprint density at radius 1 is 0.528 bits per heavy atom. The van der Waals surface area contributed by atoms with Gasteiger partial charge in [-0.1, -0.05) is 131 Å². The Morgan fingerprint density at radius 3 is 1.33 bits per heavy atom. The zero-order chi connectivity index (χ0) is 25.0. The van der Waals surface area contributed by atoms with E-state index in [4.69, 9.17) is 11.6 Å². The number of carbonyl (C=O) groups is 1. The molecule has 5 aromatic carbocycles. The van der Waals surface area contributed by atoms with Crippen LogP contribution in [0.15, 0.2) is 144 Å². The lowest BCUT2D eigenvalue weighted by molar-refractivity contribution is 0.106. The largest absolute Gasteiger partial charge is 0.289 e. The molecule has 36 heavy (non-hydrogen) atoms. The first-order valence-electron chi connectivity index (χ1n) is 11.6. The molecule has 0 fully saturated rings. The van der Waals surface area contributed by atoms with E-state index < -0.39 is 6.89 Å². The molecule has 0 amide bonds. The molecule has 5 rings (SSSR count). The summed E-state index contributed by atoms with van der Waals surface area (Å²) in [5.41, 5.74) is 1.52. The number of halogens is 2. The van der Waals surface area contributed by atoms with Crippen LogP contribution in [0.1, 0.15) is 15.9 Å². The van der Waals surface area contributed by atoms with Gasteiger partial charge in [0.25, 0.3) is 0 Å². The van der Waals surface area contributed by atoms with Crippen LogP contribution in [0.25, 0.3) is 0 Å². The molecule has 5 aromatic rings. The van der Waals surface area contributed by atoms with Crippen LogP contribution in [-0.4, -0.2) is 11.1 Å². The summed E-state index contributed by atoms with van der Waals surface area (Å²) in [7, 11) is 0. The Bertz CT molecular complexity index is 1430. The number of hydrogen-bond donors (Lipinski definition) is 0. The molecule has 0 aliphatic rings. The Balaban J connectivity index is 2.04. The van der Waals surface area contributed by atoms with E-state index in [1.807, 2.05) is 54.6 Å². The summed E-state index contributed by atoms with van der Waals surface area (Å²) in [5, 5.41) is 4.78. The van der Waals surface area contributed by atoms with Gasteiger partial charge in [0.05, 0.1) is 0 Å². The van der Waals surface area contributed by atoms with E-state index in [0.717, 1.165) is 31.2 Å². The summed E-state index contributed by atoms with van der Waals surface area (Å²) in [4.78, 5) is 14.6. The molecule has 0 radical (unpaired) electrons. The molecular formula is C32H23BrClOP. The first-order chi connectivity index (χ1) is 17.6. The number of rotatable bonds is 6. The quantitative estimate of drug-likeness (QED) is 0.153. The molecule has 0 aromatic heterocycles. The smallest absolute Gasteiger partial charge is 0.194 e. The molecule has 0 spiro atoms. The van der Waals surface area contributed by atoms with E-state index in [1.165, 1.54) is 0 Å². The Morgan fingerprint density at radius 2 is 0.917 bits per heavy atom. The summed E-state index contributed by atoms with van der Waals surface area (Å²) in [5.74, 6) is -0.00104. The van der Waals surface area contributed by atoms with Crippen LogP contribution < -0.4 is 15.9 Å². The second kappa shape index (κ2) is 10.8. The second-order valence-corrected chi connectivity index (χ2v) is 13.1. The number of hydrogen-bond acceptors (Lipinski definition) is 1. The molecule has 0 bridgehead atoms. The summed E-state index contributed by atoms with van der Waals surface area (Å²) in [6.07, 6.45) is 0. The van der Waals surface area contributed by atoms with Crippen molar-refractivity contribution in [2.45, 2.75) is 0 Å². The Kier molecular flexibility index (Phi) is 7.39. The number of ketones is 1. The fourth-order valence-electron chi connectivity index (χ4n) is 4.61. The van der Waals surface area contributed by atoms with Gasteiger partial charge >= 0.3 is 0 Å². The second-order valence-electron chi connectivity index (χ2n) is 8.37. The van der Waals surface area contributed by atoms with Crippen molar-refractivity contribution in [3.63, 3.8) is 0 Å². The van der Waals surface area contributed by atoms with E-state index in [2.05, 4.69) is 88.7 Å². The average molecular weight is 570 g/mol. The molecule has 4 heteroatoms. The normalized spacial score (nSPS) is 11.2. The maximum Gasteiger partial charge on any atom is 0.194 e. The molecule has 176 valence electrons. The number of benzene rings is 5. The molecule has 0 saturated carbocycles. The van der Waals surface area contributed by atoms with Gasteiger partial charge in [-0.25, -0.2) is 0 Å². The van der Waals surface area contributed by atoms with E-state index in [-0.39, 0.29) is 5.78 Å². The summed E-state index contributed by atoms with van der Waals surface area (Å²) in [6, 6.07) is 46.6. The summed E-state index contributed by atoms with van der Waals surface area (Å²) in [6.45, 7) is -2.62. The molecule has 0 aliphatic carbocycles. The van der Waals surface area contributed by atoms with Crippen molar-refractivity contribution in [3.8, 4) is 0 Å². The maximum atomic E-state index is 14.6. The van der Waals surface area contributed by atoms with Crippen molar-refractivity contribution in [3.05, 3.63) is 160 Å². The minimum Gasteiger partial charge on any atom is -0.289 e. The SMILES string of the molecule is O=C(C(c1ccc(Br)cc1)=P(c1ccccc1)(c1ccccc1)c1ccccc1)c1ccc(Cl)cc1. The van der Waals surface area contributed by atoms with Gasteiger partial charge in [-0.2, -0.15) is 0 Å². The van der Waals surface area contributed by atoms with Crippen LogP contribution in [0.4, 0.5) is 0 Å². The number of Topliss-reactive ketones (excluding diaryl/α,β-unsaturated/α-hetero) is 1. The van der Waals surface area contributed by atoms with Gasteiger partial charge in [0.1, 0.15) is 0 Å². The van der Waals surface area contributed by atoms with E-state index >= 15 is 0 Å².